The molecular formula is C13H21N3OS. The van der Waals surface area contributed by atoms with Crippen LogP contribution in [0.5, 0.6) is 0 Å². The molecular weight excluding hydrogens is 246 g/mol. The Bertz CT molecular complexity index is 421. The van der Waals surface area contributed by atoms with E-state index >= 15 is 0 Å². The lowest BCUT2D eigenvalue weighted by molar-refractivity contribution is 0.171. The Hall–Kier alpha value is -1.20. The van der Waals surface area contributed by atoms with Gasteiger partial charge in [0, 0.05) is 13.3 Å². The summed E-state index contributed by atoms with van der Waals surface area (Å²) >= 11 is 5.09. The van der Waals surface area contributed by atoms with Crippen LogP contribution in [0, 0.1) is 12.8 Å². The molecule has 1 atom stereocenters. The largest absolute Gasteiger partial charge is 0.389 e. The first kappa shape index (κ1) is 14.9. The topological polar surface area (TPSA) is 60.2 Å². The monoisotopic (exact) mass is 267 g/mol. The van der Waals surface area contributed by atoms with E-state index in [-0.39, 0.29) is 6.04 Å². The van der Waals surface area contributed by atoms with E-state index < -0.39 is 0 Å². The first-order valence-corrected chi connectivity index (χ1v) is 6.39. The van der Waals surface area contributed by atoms with E-state index in [0.717, 1.165) is 16.9 Å². The fourth-order valence-electron chi connectivity index (χ4n) is 1.73. The number of nitrogens with one attached hydrogen (secondary N) is 1. The van der Waals surface area contributed by atoms with E-state index in [2.05, 4.69) is 24.1 Å². The summed E-state index contributed by atoms with van der Waals surface area (Å²) in [7, 11) is 1.69. The molecule has 0 amide bonds. The van der Waals surface area contributed by atoms with Crippen molar-refractivity contribution in [3.63, 3.8) is 0 Å². The predicted octanol–water partition coefficient (Wildman–Crippen LogP) is 2.11. The number of anilines is 1. The fourth-order valence-corrected chi connectivity index (χ4v) is 1.99. The lowest BCUT2D eigenvalue weighted by atomic mass is 10.0. The van der Waals surface area contributed by atoms with Crippen LogP contribution < -0.4 is 11.1 Å². The molecule has 1 heterocycles. The Morgan fingerprint density at radius 2 is 2.22 bits per heavy atom. The third-order valence-corrected chi connectivity index (χ3v) is 3.08. The molecule has 1 aromatic rings. The summed E-state index contributed by atoms with van der Waals surface area (Å²) < 4.78 is 5.21. The van der Waals surface area contributed by atoms with E-state index in [1.165, 1.54) is 0 Å². The molecule has 1 aromatic heterocycles. The van der Waals surface area contributed by atoms with Crippen molar-refractivity contribution in [2.45, 2.75) is 26.8 Å². The predicted molar refractivity (Wildman–Crippen MR) is 79.0 cm³/mol. The highest BCUT2D eigenvalue weighted by molar-refractivity contribution is 7.80. The van der Waals surface area contributed by atoms with E-state index in [1.807, 2.05) is 13.0 Å². The van der Waals surface area contributed by atoms with Crippen LogP contribution in [0.1, 0.15) is 25.0 Å². The number of pyridine rings is 1. The molecule has 0 bridgehead atoms. The molecule has 0 spiro atoms. The van der Waals surface area contributed by atoms with Crippen LogP contribution in [0.4, 0.5) is 5.82 Å². The number of hydrogen-bond acceptors (Lipinski definition) is 4. The van der Waals surface area contributed by atoms with Crippen molar-refractivity contribution in [3.8, 4) is 0 Å². The molecule has 3 N–H and O–H groups in total. The lowest BCUT2D eigenvalue weighted by Crippen LogP contribution is -2.32. The minimum Gasteiger partial charge on any atom is -0.389 e. The first-order valence-electron chi connectivity index (χ1n) is 5.98. The average Bonchev–Trinajstić information content (AvgIpc) is 2.27. The highest BCUT2D eigenvalue weighted by Crippen LogP contribution is 2.19. The van der Waals surface area contributed by atoms with Crippen molar-refractivity contribution in [1.29, 1.82) is 0 Å². The van der Waals surface area contributed by atoms with Crippen molar-refractivity contribution in [1.82, 2.24) is 4.98 Å². The second-order valence-electron chi connectivity index (χ2n) is 4.67. The summed E-state index contributed by atoms with van der Waals surface area (Å²) in [5.41, 5.74) is 7.60. The maximum atomic E-state index is 5.76. The molecule has 1 unspecified atom stereocenters. The van der Waals surface area contributed by atoms with Gasteiger partial charge >= 0.3 is 0 Å². The van der Waals surface area contributed by atoms with Gasteiger partial charge in [0.05, 0.1) is 18.2 Å². The number of ether oxygens (including phenoxy) is 1. The number of aromatic nitrogens is 1. The van der Waals surface area contributed by atoms with Crippen molar-refractivity contribution < 1.29 is 4.74 Å². The summed E-state index contributed by atoms with van der Waals surface area (Å²) in [5, 5.41) is 3.37. The van der Waals surface area contributed by atoms with Gasteiger partial charge in [-0.1, -0.05) is 26.1 Å². The normalized spacial score (nSPS) is 12.5. The van der Waals surface area contributed by atoms with Gasteiger partial charge in [-0.2, -0.15) is 0 Å². The van der Waals surface area contributed by atoms with Gasteiger partial charge in [0.25, 0.3) is 0 Å². The Morgan fingerprint density at radius 1 is 1.56 bits per heavy atom. The zero-order chi connectivity index (χ0) is 13.7. The maximum absolute atomic E-state index is 5.76. The Balaban J connectivity index is 3.02. The van der Waals surface area contributed by atoms with Crippen molar-refractivity contribution >= 4 is 23.0 Å². The maximum Gasteiger partial charge on any atom is 0.136 e. The van der Waals surface area contributed by atoms with Gasteiger partial charge in [0.1, 0.15) is 10.8 Å². The van der Waals surface area contributed by atoms with Gasteiger partial charge in [-0.25, -0.2) is 4.98 Å². The van der Waals surface area contributed by atoms with Crippen LogP contribution in [0.2, 0.25) is 0 Å². The van der Waals surface area contributed by atoms with Crippen LogP contribution in [0.15, 0.2) is 12.3 Å². The SMILES string of the molecule is COCC(Nc1nccc(C)c1C(N)=S)C(C)C. The Labute approximate surface area is 114 Å². The molecule has 1 rings (SSSR count). The molecule has 0 fully saturated rings. The smallest absolute Gasteiger partial charge is 0.136 e. The summed E-state index contributed by atoms with van der Waals surface area (Å²) in [6.45, 7) is 6.85. The van der Waals surface area contributed by atoms with E-state index in [9.17, 15) is 0 Å². The van der Waals surface area contributed by atoms with E-state index in [4.69, 9.17) is 22.7 Å². The zero-order valence-electron chi connectivity index (χ0n) is 11.4. The van der Waals surface area contributed by atoms with Crippen molar-refractivity contribution in [2.24, 2.45) is 11.7 Å². The third-order valence-electron chi connectivity index (χ3n) is 2.88. The quantitative estimate of drug-likeness (QED) is 0.773. The van der Waals surface area contributed by atoms with E-state index in [1.54, 1.807) is 13.3 Å². The summed E-state index contributed by atoms with van der Waals surface area (Å²) in [5.74, 6) is 1.16. The van der Waals surface area contributed by atoms with Gasteiger partial charge in [0.2, 0.25) is 0 Å². The first-order chi connectivity index (χ1) is 8.47. The number of nitrogens with two attached hydrogens (primary N) is 1. The summed E-state index contributed by atoms with van der Waals surface area (Å²) in [6.07, 6.45) is 1.75. The van der Waals surface area contributed by atoms with Crippen LogP contribution in [-0.4, -0.2) is 29.7 Å². The number of hydrogen-bond donors (Lipinski definition) is 2. The van der Waals surface area contributed by atoms with Gasteiger partial charge in [-0.3, -0.25) is 0 Å². The molecule has 0 aliphatic heterocycles. The van der Waals surface area contributed by atoms with Crippen LogP contribution >= 0.6 is 12.2 Å². The molecule has 18 heavy (non-hydrogen) atoms. The van der Waals surface area contributed by atoms with Crippen LogP contribution in [0.3, 0.4) is 0 Å². The third kappa shape index (κ3) is 3.65. The van der Waals surface area contributed by atoms with Crippen LogP contribution in [0.25, 0.3) is 0 Å². The number of rotatable bonds is 6. The summed E-state index contributed by atoms with van der Waals surface area (Å²) in [4.78, 5) is 4.69. The Kier molecular flexibility index (Phi) is 5.50. The molecule has 5 heteroatoms. The number of nitrogens with zero attached hydrogens (tertiary/aromatic N) is 1. The van der Waals surface area contributed by atoms with E-state index in [0.29, 0.717) is 17.5 Å². The molecule has 4 nitrogen and oxygen atoms in total. The molecule has 0 aliphatic rings. The molecule has 0 saturated carbocycles. The number of thiocarbonyl (C=S) groups is 1. The standard InChI is InChI=1S/C13H21N3OS/c1-8(2)10(7-17-4)16-13-11(12(14)18)9(3)5-6-15-13/h5-6,8,10H,7H2,1-4H3,(H2,14,18)(H,15,16). The molecule has 0 radical (unpaired) electrons. The highest BCUT2D eigenvalue weighted by Gasteiger charge is 2.17. The van der Waals surface area contributed by atoms with Gasteiger partial charge in [-0.15, -0.1) is 0 Å². The zero-order valence-corrected chi connectivity index (χ0v) is 12.2. The minimum absolute atomic E-state index is 0.178. The molecule has 0 aliphatic carbocycles. The number of methoxy groups -OCH3 is 1. The van der Waals surface area contributed by atoms with Gasteiger partial charge in [-0.05, 0) is 24.5 Å². The Morgan fingerprint density at radius 3 is 2.72 bits per heavy atom. The highest BCUT2D eigenvalue weighted by atomic mass is 32.1. The molecule has 100 valence electrons. The second kappa shape index (κ2) is 6.66. The van der Waals surface area contributed by atoms with Crippen molar-refractivity contribution in [2.75, 3.05) is 19.0 Å². The lowest BCUT2D eigenvalue weighted by Gasteiger charge is -2.23. The fraction of sp³-hybridized carbons (Fsp3) is 0.538. The average molecular weight is 267 g/mol. The molecule has 0 saturated heterocycles. The molecule has 0 aromatic carbocycles. The minimum atomic E-state index is 0.178. The summed E-state index contributed by atoms with van der Waals surface area (Å²) in [6, 6.07) is 2.08. The second-order valence-corrected chi connectivity index (χ2v) is 5.11. The number of aryl methyl sites for hydroxylation is 1. The van der Waals surface area contributed by atoms with Crippen molar-refractivity contribution in [3.05, 3.63) is 23.4 Å². The van der Waals surface area contributed by atoms with Gasteiger partial charge in [0.15, 0.2) is 0 Å². The van der Waals surface area contributed by atoms with Gasteiger partial charge < -0.3 is 15.8 Å². The van der Waals surface area contributed by atoms with Crippen LogP contribution in [-0.2, 0) is 4.74 Å².